The van der Waals surface area contributed by atoms with Crippen molar-refractivity contribution in [2.75, 3.05) is 36.8 Å². The van der Waals surface area contributed by atoms with E-state index in [9.17, 15) is 18.4 Å². The molecule has 7 heteroatoms. The van der Waals surface area contributed by atoms with Crippen molar-refractivity contribution in [2.24, 2.45) is 5.92 Å². The molecule has 4 aliphatic rings. The van der Waals surface area contributed by atoms with Crippen LogP contribution < -0.4 is 4.90 Å². The Balaban J connectivity index is 1.45. The normalized spacial score (nSPS) is 24.7. The standard InChI is InChI=1S/C27H28F3N3S/c28-27(29,30)25-18(13-31)5-2-6-21(25)19-11-20-16-34-10-9-33-24-7-8-32(14-17-3-1-4-17)15-23(24)22(12-19)26(20)33/h2,5-6,11-12,17,23-24H,1,3-4,7-10,14-16H2/t23-,24-/m0/s1. The molecule has 0 radical (unpaired) electrons. The van der Waals surface area contributed by atoms with Gasteiger partial charge in [0.05, 0.1) is 17.2 Å². The van der Waals surface area contributed by atoms with Crippen LogP contribution in [0.3, 0.4) is 0 Å². The fraction of sp³-hybridized carbons (Fsp3) is 0.519. The molecule has 0 bridgehead atoms. The van der Waals surface area contributed by atoms with Crippen molar-refractivity contribution < 1.29 is 13.2 Å². The summed E-state index contributed by atoms with van der Waals surface area (Å²) in [5.41, 5.74) is 3.23. The molecule has 2 aromatic rings. The Hall–Kier alpha value is -2.17. The van der Waals surface area contributed by atoms with E-state index in [2.05, 4.69) is 9.80 Å². The molecular weight excluding hydrogens is 455 g/mol. The minimum Gasteiger partial charge on any atom is -0.367 e. The topological polar surface area (TPSA) is 30.3 Å². The minimum absolute atomic E-state index is 0.122. The third-order valence-corrected chi connectivity index (χ3v) is 9.21. The van der Waals surface area contributed by atoms with Gasteiger partial charge in [0.15, 0.2) is 0 Å². The molecule has 3 heterocycles. The van der Waals surface area contributed by atoms with E-state index in [1.54, 1.807) is 12.1 Å². The SMILES string of the molecule is N#Cc1cccc(-c2cc3c4c(c2)[C@@H]2CN(CC5CCC5)CC[C@@H]2N4CCSC3)c1C(F)(F)F. The van der Waals surface area contributed by atoms with Crippen molar-refractivity contribution in [3.05, 3.63) is 52.6 Å². The highest BCUT2D eigenvalue weighted by molar-refractivity contribution is 7.98. The van der Waals surface area contributed by atoms with Gasteiger partial charge < -0.3 is 9.80 Å². The first-order valence-corrected chi connectivity index (χ1v) is 13.4. The second kappa shape index (κ2) is 8.49. The predicted molar refractivity (Wildman–Crippen MR) is 130 cm³/mol. The van der Waals surface area contributed by atoms with E-state index in [4.69, 9.17) is 0 Å². The Morgan fingerprint density at radius 3 is 2.71 bits per heavy atom. The highest BCUT2D eigenvalue weighted by atomic mass is 32.2. The van der Waals surface area contributed by atoms with Gasteiger partial charge in [-0.15, -0.1) is 0 Å². The summed E-state index contributed by atoms with van der Waals surface area (Å²) in [5.74, 6) is 3.00. The Morgan fingerprint density at radius 2 is 1.97 bits per heavy atom. The molecule has 0 amide bonds. The molecule has 178 valence electrons. The number of piperidine rings is 1. The quantitative estimate of drug-likeness (QED) is 0.515. The molecule has 1 aliphatic carbocycles. The lowest BCUT2D eigenvalue weighted by Gasteiger charge is -2.41. The van der Waals surface area contributed by atoms with E-state index in [1.807, 2.05) is 23.9 Å². The van der Waals surface area contributed by atoms with E-state index < -0.39 is 11.7 Å². The van der Waals surface area contributed by atoms with Crippen LogP contribution in [0.2, 0.25) is 0 Å². The van der Waals surface area contributed by atoms with E-state index in [-0.39, 0.29) is 11.1 Å². The molecule has 3 aliphatic heterocycles. The van der Waals surface area contributed by atoms with Gasteiger partial charge in [-0.05, 0) is 65.6 Å². The summed E-state index contributed by atoms with van der Waals surface area (Å²) >= 11 is 1.86. The van der Waals surface area contributed by atoms with E-state index >= 15 is 0 Å². The zero-order valence-electron chi connectivity index (χ0n) is 19.1. The molecule has 1 saturated carbocycles. The maximum Gasteiger partial charge on any atom is 0.418 e. The number of benzene rings is 2. The Labute approximate surface area is 202 Å². The van der Waals surface area contributed by atoms with Crippen LogP contribution in [0, 0.1) is 17.2 Å². The number of nitrogens with zero attached hydrogens (tertiary/aromatic N) is 3. The Bertz CT molecular complexity index is 1150. The van der Waals surface area contributed by atoms with Gasteiger partial charge in [0.2, 0.25) is 0 Å². The molecule has 0 unspecified atom stereocenters. The highest BCUT2D eigenvalue weighted by Crippen LogP contribution is 2.51. The predicted octanol–water partition coefficient (Wildman–Crippen LogP) is 6.27. The summed E-state index contributed by atoms with van der Waals surface area (Å²) in [6.07, 6.45) is 0.531. The zero-order valence-corrected chi connectivity index (χ0v) is 19.9. The summed E-state index contributed by atoms with van der Waals surface area (Å²) in [6.45, 7) is 4.26. The van der Waals surface area contributed by atoms with Gasteiger partial charge in [0.25, 0.3) is 0 Å². The van der Waals surface area contributed by atoms with E-state index in [1.165, 1.54) is 42.6 Å². The lowest BCUT2D eigenvalue weighted by molar-refractivity contribution is -0.137. The van der Waals surface area contributed by atoms with E-state index in [0.29, 0.717) is 17.5 Å². The fourth-order valence-electron chi connectivity index (χ4n) is 6.49. The number of nitriles is 1. The summed E-state index contributed by atoms with van der Waals surface area (Å²) in [7, 11) is 0. The van der Waals surface area contributed by atoms with Crippen molar-refractivity contribution in [1.82, 2.24) is 4.90 Å². The second-order valence-corrected chi connectivity index (χ2v) is 11.3. The maximum atomic E-state index is 14.1. The maximum absolute atomic E-state index is 14.1. The Morgan fingerprint density at radius 1 is 1.12 bits per heavy atom. The highest BCUT2D eigenvalue weighted by Gasteiger charge is 2.44. The Kier molecular flexibility index (Phi) is 5.57. The van der Waals surface area contributed by atoms with Gasteiger partial charge >= 0.3 is 6.18 Å². The van der Waals surface area contributed by atoms with Gasteiger partial charge in [-0.2, -0.15) is 30.2 Å². The number of likely N-dealkylation sites (tertiary alicyclic amines) is 1. The van der Waals surface area contributed by atoms with Gasteiger partial charge in [0, 0.05) is 55.3 Å². The van der Waals surface area contributed by atoms with Crippen molar-refractivity contribution in [2.45, 2.75) is 49.6 Å². The van der Waals surface area contributed by atoms with Gasteiger partial charge in [-0.1, -0.05) is 18.6 Å². The average Bonchev–Trinajstić information content (AvgIpc) is 2.95. The number of hydrogen-bond donors (Lipinski definition) is 0. The second-order valence-electron chi connectivity index (χ2n) is 10.2. The number of fused-ring (bicyclic) bond motifs is 3. The molecule has 0 spiro atoms. The lowest BCUT2D eigenvalue weighted by Crippen LogP contribution is -2.48. The first-order chi connectivity index (χ1) is 16.4. The number of thioether (sulfide) groups is 1. The van der Waals surface area contributed by atoms with Crippen molar-refractivity contribution >= 4 is 17.4 Å². The largest absolute Gasteiger partial charge is 0.418 e. The number of rotatable bonds is 3. The lowest BCUT2D eigenvalue weighted by atomic mass is 9.82. The monoisotopic (exact) mass is 483 g/mol. The van der Waals surface area contributed by atoms with Crippen LogP contribution in [0.4, 0.5) is 18.9 Å². The summed E-state index contributed by atoms with van der Waals surface area (Å²) in [6, 6.07) is 10.5. The van der Waals surface area contributed by atoms with Crippen LogP contribution in [0.25, 0.3) is 11.1 Å². The molecule has 2 aromatic carbocycles. The van der Waals surface area contributed by atoms with Gasteiger partial charge in [-0.25, -0.2) is 0 Å². The molecule has 1 saturated heterocycles. The number of hydrogen-bond acceptors (Lipinski definition) is 4. The van der Waals surface area contributed by atoms with Crippen molar-refractivity contribution in [1.29, 1.82) is 5.26 Å². The molecule has 3 nitrogen and oxygen atoms in total. The van der Waals surface area contributed by atoms with Crippen molar-refractivity contribution in [3.8, 4) is 17.2 Å². The van der Waals surface area contributed by atoms with Crippen LogP contribution in [-0.4, -0.2) is 42.9 Å². The molecule has 0 aromatic heterocycles. The zero-order chi connectivity index (χ0) is 23.4. The summed E-state index contributed by atoms with van der Waals surface area (Å²) < 4.78 is 42.3. The van der Waals surface area contributed by atoms with Crippen LogP contribution in [-0.2, 0) is 11.9 Å². The molecule has 0 N–H and O–H groups in total. The molecule has 6 rings (SSSR count). The third-order valence-electron chi connectivity index (χ3n) is 8.22. The van der Waals surface area contributed by atoms with Crippen molar-refractivity contribution in [3.63, 3.8) is 0 Å². The fourth-order valence-corrected chi connectivity index (χ4v) is 7.40. The van der Waals surface area contributed by atoms with E-state index in [0.717, 1.165) is 55.6 Å². The van der Waals surface area contributed by atoms with Crippen LogP contribution >= 0.6 is 11.8 Å². The molecular formula is C27H28F3N3S. The van der Waals surface area contributed by atoms with Gasteiger partial charge in [0.1, 0.15) is 0 Å². The summed E-state index contributed by atoms with van der Waals surface area (Å²) in [5, 5.41) is 9.40. The molecule has 2 atom stereocenters. The number of halogens is 3. The van der Waals surface area contributed by atoms with Crippen LogP contribution in [0.15, 0.2) is 30.3 Å². The van der Waals surface area contributed by atoms with Crippen LogP contribution in [0.1, 0.15) is 53.9 Å². The third kappa shape index (κ3) is 3.70. The average molecular weight is 484 g/mol. The minimum atomic E-state index is -4.58. The smallest absolute Gasteiger partial charge is 0.367 e. The molecule has 34 heavy (non-hydrogen) atoms. The first kappa shape index (κ1) is 22.3. The molecule has 2 fully saturated rings. The number of alkyl halides is 3. The van der Waals surface area contributed by atoms with Crippen LogP contribution in [0.5, 0.6) is 0 Å². The number of anilines is 1. The van der Waals surface area contributed by atoms with Gasteiger partial charge in [-0.3, -0.25) is 0 Å². The first-order valence-electron chi connectivity index (χ1n) is 12.3. The summed E-state index contributed by atoms with van der Waals surface area (Å²) in [4.78, 5) is 5.17.